The number of carbonyl (C=O) groups excluding carboxylic acids is 1. The Balaban J connectivity index is 0.000000620. The first-order chi connectivity index (χ1) is 17.9. The maximum Gasteiger partial charge on any atom is 0.410 e. The predicted octanol–water partition coefficient (Wildman–Crippen LogP) is 6.82. The van der Waals surface area contributed by atoms with Crippen LogP contribution >= 0.6 is 11.6 Å². The van der Waals surface area contributed by atoms with Gasteiger partial charge in [0.1, 0.15) is 5.60 Å². The molecule has 1 fully saturated rings. The van der Waals surface area contributed by atoms with Crippen molar-refractivity contribution in [1.82, 2.24) is 24.6 Å². The van der Waals surface area contributed by atoms with Gasteiger partial charge in [0.25, 0.3) is 0 Å². The number of piperidine rings is 1. The molecule has 38 heavy (non-hydrogen) atoms. The van der Waals surface area contributed by atoms with Crippen molar-refractivity contribution in [2.45, 2.75) is 65.9 Å². The quantitative estimate of drug-likeness (QED) is 0.310. The number of aromatic nitrogens is 4. The molecule has 0 aromatic carbocycles. The van der Waals surface area contributed by atoms with Crippen LogP contribution in [0.1, 0.15) is 66.0 Å². The molecule has 11 heteroatoms. The van der Waals surface area contributed by atoms with Crippen LogP contribution in [0.3, 0.4) is 0 Å². The molecule has 0 radical (unpaired) electrons. The van der Waals surface area contributed by atoms with Gasteiger partial charge < -0.3 is 19.9 Å². The lowest BCUT2D eigenvalue weighted by molar-refractivity contribution is -0.0758. The van der Waals surface area contributed by atoms with E-state index in [1.54, 1.807) is 17.3 Å². The molecular formula is C27H40ClFN6O3. The number of nitrogens with two attached hydrogens (primary N) is 1. The average molecular weight is 551 g/mol. The number of hydrogen-bond acceptors (Lipinski definition) is 7. The molecular weight excluding hydrogens is 511 g/mol. The van der Waals surface area contributed by atoms with Gasteiger partial charge >= 0.3 is 6.09 Å². The fourth-order valence-electron chi connectivity index (χ4n) is 3.63. The summed E-state index contributed by atoms with van der Waals surface area (Å²) in [6.07, 6.45) is 9.66. The molecule has 3 heterocycles. The molecule has 2 aromatic rings. The van der Waals surface area contributed by atoms with Crippen molar-refractivity contribution >= 4 is 23.5 Å². The predicted molar refractivity (Wildman–Crippen MR) is 150 cm³/mol. The summed E-state index contributed by atoms with van der Waals surface area (Å²) in [5.74, 6) is 0.976. The Hall–Kier alpha value is -3.40. The largest absolute Gasteiger partial charge is 0.444 e. The second kappa shape index (κ2) is 15.8. The maximum atomic E-state index is 12.2. The number of carbonyl (C=O) groups is 1. The number of nitrogens with zero attached hydrogens (tertiary/aromatic N) is 5. The van der Waals surface area contributed by atoms with E-state index in [0.29, 0.717) is 30.5 Å². The van der Waals surface area contributed by atoms with Gasteiger partial charge in [0.05, 0.1) is 17.7 Å². The summed E-state index contributed by atoms with van der Waals surface area (Å²) >= 11 is 5.93. The summed E-state index contributed by atoms with van der Waals surface area (Å²) in [5, 5.41) is 7.86. The number of likely N-dealkylation sites (tertiary alicyclic amines) is 1. The summed E-state index contributed by atoms with van der Waals surface area (Å²) in [6.45, 7) is 19.7. The van der Waals surface area contributed by atoms with E-state index in [2.05, 4.69) is 40.2 Å². The van der Waals surface area contributed by atoms with Gasteiger partial charge in [0, 0.05) is 35.8 Å². The van der Waals surface area contributed by atoms with Crippen LogP contribution in [0.15, 0.2) is 55.7 Å². The SMILES string of the molecule is C=C/C=C\C(=C)OF.CC.CC(c1cn(-c2cc(Cl)nnc2N)cn1)C1CCN(C(=O)OC(C)(C)C)CC1. The molecule has 1 aliphatic heterocycles. The van der Waals surface area contributed by atoms with Gasteiger partial charge in [0.15, 0.2) is 16.7 Å². The van der Waals surface area contributed by atoms with E-state index in [1.165, 1.54) is 18.2 Å². The monoisotopic (exact) mass is 550 g/mol. The molecule has 1 saturated heterocycles. The normalized spacial score (nSPS) is 14.5. The Morgan fingerprint density at radius 1 is 1.29 bits per heavy atom. The Labute approximate surface area is 230 Å². The van der Waals surface area contributed by atoms with Crippen molar-refractivity contribution in [2.75, 3.05) is 18.8 Å². The van der Waals surface area contributed by atoms with Crippen molar-refractivity contribution < 1.29 is 19.0 Å². The zero-order valence-electron chi connectivity index (χ0n) is 23.2. The average Bonchev–Trinajstić information content (AvgIpc) is 3.39. The number of imidazole rings is 1. The number of halogens is 2. The molecule has 2 aromatic heterocycles. The Bertz CT molecular complexity index is 1080. The summed E-state index contributed by atoms with van der Waals surface area (Å²) in [7, 11) is 0. The molecule has 0 spiro atoms. The third-order valence-corrected chi connectivity index (χ3v) is 5.72. The number of rotatable bonds is 6. The van der Waals surface area contributed by atoms with Crippen molar-refractivity contribution in [1.29, 1.82) is 0 Å². The summed E-state index contributed by atoms with van der Waals surface area (Å²) < 4.78 is 18.3. The summed E-state index contributed by atoms with van der Waals surface area (Å²) in [6, 6.07) is 1.67. The minimum atomic E-state index is -0.472. The van der Waals surface area contributed by atoms with E-state index in [-0.39, 0.29) is 22.9 Å². The highest BCUT2D eigenvalue weighted by Crippen LogP contribution is 2.32. The number of amides is 1. The highest BCUT2D eigenvalue weighted by atomic mass is 35.5. The fraction of sp³-hybridized carbons (Fsp3) is 0.481. The Kier molecular flexibility index (Phi) is 13.5. The van der Waals surface area contributed by atoms with E-state index < -0.39 is 5.60 Å². The van der Waals surface area contributed by atoms with Crippen LogP contribution in [0.5, 0.6) is 0 Å². The molecule has 210 valence electrons. The van der Waals surface area contributed by atoms with Crippen LogP contribution in [0.4, 0.5) is 15.1 Å². The number of nitrogen functional groups attached to an aromatic ring is 1. The highest BCUT2D eigenvalue weighted by molar-refractivity contribution is 6.29. The van der Waals surface area contributed by atoms with E-state index in [9.17, 15) is 9.32 Å². The van der Waals surface area contributed by atoms with Gasteiger partial charge in [-0.15, -0.1) is 10.2 Å². The maximum absolute atomic E-state index is 12.2. The van der Waals surface area contributed by atoms with Crippen LogP contribution in [0, 0.1) is 5.92 Å². The van der Waals surface area contributed by atoms with Crippen LogP contribution in [-0.4, -0.2) is 49.4 Å². The smallest absolute Gasteiger partial charge is 0.410 e. The van der Waals surface area contributed by atoms with Gasteiger partial charge in [-0.25, -0.2) is 9.78 Å². The minimum absolute atomic E-state index is 0.0232. The lowest BCUT2D eigenvalue weighted by Gasteiger charge is -2.35. The number of ether oxygens (including phenoxy) is 1. The van der Waals surface area contributed by atoms with E-state index >= 15 is 0 Å². The molecule has 1 amide bonds. The van der Waals surface area contributed by atoms with Crippen LogP contribution in [0.25, 0.3) is 5.69 Å². The van der Waals surface area contributed by atoms with Crippen molar-refractivity contribution in [3.8, 4) is 5.69 Å². The second-order valence-electron chi connectivity index (χ2n) is 9.38. The number of hydrogen-bond donors (Lipinski definition) is 1. The lowest BCUT2D eigenvalue weighted by atomic mass is 9.84. The first-order valence-electron chi connectivity index (χ1n) is 12.5. The third-order valence-electron chi connectivity index (χ3n) is 5.53. The molecule has 0 saturated carbocycles. The molecule has 1 atom stereocenters. The van der Waals surface area contributed by atoms with Crippen molar-refractivity contribution in [3.05, 3.63) is 66.6 Å². The first-order valence-corrected chi connectivity index (χ1v) is 12.9. The molecule has 3 rings (SSSR count). The second-order valence-corrected chi connectivity index (χ2v) is 9.76. The summed E-state index contributed by atoms with van der Waals surface area (Å²) in [5.41, 5.74) is 7.07. The van der Waals surface area contributed by atoms with Gasteiger partial charge in [-0.1, -0.05) is 57.7 Å². The van der Waals surface area contributed by atoms with Gasteiger partial charge in [-0.2, -0.15) is 0 Å². The highest BCUT2D eigenvalue weighted by Gasteiger charge is 2.30. The van der Waals surface area contributed by atoms with E-state index in [1.807, 2.05) is 45.4 Å². The van der Waals surface area contributed by atoms with Crippen molar-refractivity contribution in [3.63, 3.8) is 0 Å². The van der Waals surface area contributed by atoms with Crippen molar-refractivity contribution in [2.24, 2.45) is 5.92 Å². The Morgan fingerprint density at radius 2 is 1.92 bits per heavy atom. The lowest BCUT2D eigenvalue weighted by Crippen LogP contribution is -2.42. The molecule has 1 unspecified atom stereocenters. The van der Waals surface area contributed by atoms with Gasteiger partial charge in [0.2, 0.25) is 0 Å². The van der Waals surface area contributed by atoms with E-state index in [0.717, 1.165) is 18.5 Å². The topological polar surface area (TPSA) is 108 Å². The zero-order valence-corrected chi connectivity index (χ0v) is 23.9. The molecule has 0 aliphatic carbocycles. The third kappa shape index (κ3) is 10.5. The molecule has 2 N–H and O–H groups in total. The molecule has 1 aliphatic rings. The van der Waals surface area contributed by atoms with Gasteiger partial charge in [-0.3, -0.25) is 4.94 Å². The number of anilines is 1. The molecule has 9 nitrogen and oxygen atoms in total. The van der Waals surface area contributed by atoms with Crippen LogP contribution in [-0.2, 0) is 9.68 Å². The van der Waals surface area contributed by atoms with Crippen LogP contribution in [0.2, 0.25) is 5.15 Å². The standard InChI is InChI=1S/C19H27ClN6O2.C6H7FO.C2H6/c1-12(13-5-7-25(8-6-13)18(27)28-19(2,3)4)14-10-26(11-22-14)15-9-16(20)23-24-17(15)21;1-3-4-5-6(2)8-7;1-2/h9-13H,5-8H2,1-4H3,(H2,21,24);3-5H,1-2H2;1-2H3/b;5-4-;. The summed E-state index contributed by atoms with van der Waals surface area (Å²) in [4.78, 5) is 21.8. The fourth-order valence-corrected chi connectivity index (χ4v) is 3.77. The first kappa shape index (κ1) is 32.6. The Morgan fingerprint density at radius 3 is 2.47 bits per heavy atom. The van der Waals surface area contributed by atoms with Crippen LogP contribution < -0.4 is 5.73 Å². The zero-order chi connectivity index (χ0) is 28.9. The van der Waals surface area contributed by atoms with E-state index in [4.69, 9.17) is 22.1 Å². The molecule has 0 bridgehead atoms. The number of allylic oxidation sites excluding steroid dienone is 3. The van der Waals surface area contributed by atoms with Gasteiger partial charge in [-0.05, 0) is 45.6 Å². The minimum Gasteiger partial charge on any atom is -0.444 e.